The quantitative estimate of drug-likeness (QED) is 0.890. The Morgan fingerprint density at radius 1 is 1.44 bits per heavy atom. The first-order valence-electron chi connectivity index (χ1n) is 5.66. The van der Waals surface area contributed by atoms with E-state index in [1.165, 1.54) is 17.4 Å². The standard InChI is InChI=1S/C14H13FN2S/c1-3-9-13(17)12(7-16)18-14(9)10-6-8(2)4-5-11(10)15/h4-6H,3,17H2,1-2H3. The van der Waals surface area contributed by atoms with Crippen molar-refractivity contribution in [2.75, 3.05) is 5.73 Å². The van der Waals surface area contributed by atoms with Crippen molar-refractivity contribution in [3.8, 4) is 16.5 Å². The normalized spacial score (nSPS) is 10.3. The SMILES string of the molecule is CCc1c(-c2cc(C)ccc2F)sc(C#N)c1N. The smallest absolute Gasteiger partial charge is 0.131 e. The van der Waals surface area contributed by atoms with Gasteiger partial charge in [0.1, 0.15) is 16.8 Å². The highest BCUT2D eigenvalue weighted by Gasteiger charge is 2.18. The number of aryl methyl sites for hydroxylation is 1. The molecule has 0 unspecified atom stereocenters. The molecule has 18 heavy (non-hydrogen) atoms. The summed E-state index contributed by atoms with van der Waals surface area (Å²) in [5.41, 5.74) is 8.78. The molecule has 1 heterocycles. The van der Waals surface area contributed by atoms with E-state index in [-0.39, 0.29) is 5.82 Å². The molecule has 2 N–H and O–H groups in total. The Morgan fingerprint density at radius 3 is 2.78 bits per heavy atom. The lowest BCUT2D eigenvalue weighted by molar-refractivity contribution is 0.631. The van der Waals surface area contributed by atoms with E-state index in [1.54, 1.807) is 12.1 Å². The molecule has 1 aromatic carbocycles. The van der Waals surface area contributed by atoms with Gasteiger partial charge < -0.3 is 5.73 Å². The van der Waals surface area contributed by atoms with Crippen LogP contribution in [0.1, 0.15) is 22.9 Å². The van der Waals surface area contributed by atoms with Crippen LogP contribution in [-0.2, 0) is 6.42 Å². The lowest BCUT2D eigenvalue weighted by Gasteiger charge is -2.05. The number of nitrogens with zero attached hydrogens (tertiary/aromatic N) is 1. The van der Waals surface area contributed by atoms with Gasteiger partial charge in [0.05, 0.1) is 5.69 Å². The molecule has 0 aliphatic heterocycles. The molecule has 0 bridgehead atoms. The molecule has 0 saturated carbocycles. The van der Waals surface area contributed by atoms with E-state index in [4.69, 9.17) is 11.0 Å². The van der Waals surface area contributed by atoms with E-state index in [0.29, 0.717) is 22.5 Å². The first-order valence-corrected chi connectivity index (χ1v) is 6.47. The molecule has 0 saturated heterocycles. The summed E-state index contributed by atoms with van der Waals surface area (Å²) in [4.78, 5) is 1.23. The fourth-order valence-corrected chi connectivity index (χ4v) is 3.07. The van der Waals surface area contributed by atoms with Gasteiger partial charge in [0.25, 0.3) is 0 Å². The zero-order valence-electron chi connectivity index (χ0n) is 10.2. The third-order valence-electron chi connectivity index (χ3n) is 2.87. The highest BCUT2D eigenvalue weighted by molar-refractivity contribution is 7.16. The summed E-state index contributed by atoms with van der Waals surface area (Å²) < 4.78 is 13.9. The van der Waals surface area contributed by atoms with Gasteiger partial charge in [-0.3, -0.25) is 0 Å². The molecule has 4 heteroatoms. The number of hydrogen-bond donors (Lipinski definition) is 1. The van der Waals surface area contributed by atoms with Crippen LogP contribution in [0.3, 0.4) is 0 Å². The predicted molar refractivity (Wildman–Crippen MR) is 73.0 cm³/mol. The fourth-order valence-electron chi connectivity index (χ4n) is 1.94. The Balaban J connectivity index is 2.71. The Labute approximate surface area is 109 Å². The predicted octanol–water partition coefficient (Wildman–Crippen LogP) is 3.88. The molecule has 92 valence electrons. The van der Waals surface area contributed by atoms with Gasteiger partial charge in [-0.2, -0.15) is 5.26 Å². The number of nitriles is 1. The largest absolute Gasteiger partial charge is 0.397 e. The monoisotopic (exact) mass is 260 g/mol. The van der Waals surface area contributed by atoms with Crippen LogP contribution < -0.4 is 5.73 Å². The maximum absolute atomic E-state index is 13.9. The minimum absolute atomic E-state index is 0.277. The summed E-state index contributed by atoms with van der Waals surface area (Å²) in [5.74, 6) is -0.277. The van der Waals surface area contributed by atoms with Gasteiger partial charge in [-0.05, 0) is 31.0 Å². The molecular weight excluding hydrogens is 247 g/mol. The highest BCUT2D eigenvalue weighted by atomic mass is 32.1. The second-order valence-corrected chi connectivity index (χ2v) is 5.12. The summed E-state index contributed by atoms with van der Waals surface area (Å²) in [7, 11) is 0. The van der Waals surface area contributed by atoms with Gasteiger partial charge in [0.15, 0.2) is 0 Å². The number of hydrogen-bond acceptors (Lipinski definition) is 3. The van der Waals surface area contributed by atoms with Crippen molar-refractivity contribution in [3.63, 3.8) is 0 Å². The summed E-state index contributed by atoms with van der Waals surface area (Å²) >= 11 is 1.26. The Hall–Kier alpha value is -1.86. The molecule has 2 rings (SSSR count). The van der Waals surface area contributed by atoms with Gasteiger partial charge in [-0.1, -0.05) is 18.6 Å². The Kier molecular flexibility index (Phi) is 3.35. The van der Waals surface area contributed by atoms with Crippen molar-refractivity contribution >= 4 is 17.0 Å². The molecule has 0 spiro atoms. The molecule has 0 fully saturated rings. The summed E-state index contributed by atoms with van der Waals surface area (Å²) in [6.45, 7) is 3.87. The average Bonchev–Trinajstić information content (AvgIpc) is 2.68. The third kappa shape index (κ3) is 1.98. The van der Waals surface area contributed by atoms with Crippen molar-refractivity contribution in [2.45, 2.75) is 20.3 Å². The molecule has 0 aliphatic rings. The van der Waals surface area contributed by atoms with Gasteiger partial charge >= 0.3 is 0 Å². The van der Waals surface area contributed by atoms with Crippen LogP contribution in [0.15, 0.2) is 18.2 Å². The molecular formula is C14H13FN2S. The van der Waals surface area contributed by atoms with Crippen LogP contribution >= 0.6 is 11.3 Å². The van der Waals surface area contributed by atoms with E-state index in [9.17, 15) is 4.39 Å². The number of nitrogen functional groups attached to an aromatic ring is 1. The molecule has 1 aromatic heterocycles. The average molecular weight is 260 g/mol. The molecule has 2 aromatic rings. The molecule has 0 radical (unpaired) electrons. The maximum Gasteiger partial charge on any atom is 0.131 e. The minimum Gasteiger partial charge on any atom is -0.397 e. The number of anilines is 1. The zero-order chi connectivity index (χ0) is 13.3. The second kappa shape index (κ2) is 4.79. The number of benzene rings is 1. The lowest BCUT2D eigenvalue weighted by Crippen LogP contribution is -1.92. The van der Waals surface area contributed by atoms with Crippen LogP contribution in [0, 0.1) is 24.1 Å². The van der Waals surface area contributed by atoms with Gasteiger partial charge in [0, 0.05) is 10.4 Å². The first-order chi connectivity index (χ1) is 8.58. The van der Waals surface area contributed by atoms with Crippen LogP contribution in [0.25, 0.3) is 10.4 Å². The summed E-state index contributed by atoms with van der Waals surface area (Å²) in [5, 5.41) is 9.01. The van der Waals surface area contributed by atoms with Crippen LogP contribution in [0.4, 0.5) is 10.1 Å². The lowest BCUT2D eigenvalue weighted by atomic mass is 10.0. The van der Waals surface area contributed by atoms with E-state index >= 15 is 0 Å². The molecule has 2 nitrogen and oxygen atoms in total. The van der Waals surface area contributed by atoms with E-state index in [1.807, 2.05) is 13.8 Å². The fraction of sp³-hybridized carbons (Fsp3) is 0.214. The minimum atomic E-state index is -0.277. The van der Waals surface area contributed by atoms with Crippen LogP contribution in [0.2, 0.25) is 0 Å². The van der Waals surface area contributed by atoms with Gasteiger partial charge in [-0.15, -0.1) is 11.3 Å². The van der Waals surface area contributed by atoms with E-state index < -0.39 is 0 Å². The third-order valence-corrected chi connectivity index (χ3v) is 4.06. The van der Waals surface area contributed by atoms with Gasteiger partial charge in [0.2, 0.25) is 0 Å². The topological polar surface area (TPSA) is 49.8 Å². The molecule has 0 atom stereocenters. The Morgan fingerprint density at radius 2 is 2.17 bits per heavy atom. The maximum atomic E-state index is 13.9. The van der Waals surface area contributed by atoms with Crippen molar-refractivity contribution < 1.29 is 4.39 Å². The van der Waals surface area contributed by atoms with Crippen LogP contribution in [0.5, 0.6) is 0 Å². The van der Waals surface area contributed by atoms with Crippen LogP contribution in [-0.4, -0.2) is 0 Å². The van der Waals surface area contributed by atoms with Crippen molar-refractivity contribution in [3.05, 3.63) is 40.0 Å². The first kappa shape index (κ1) is 12.6. The van der Waals surface area contributed by atoms with Crippen molar-refractivity contribution in [1.82, 2.24) is 0 Å². The van der Waals surface area contributed by atoms with Gasteiger partial charge in [-0.25, -0.2) is 4.39 Å². The second-order valence-electron chi connectivity index (χ2n) is 4.10. The molecule has 0 amide bonds. The zero-order valence-corrected chi connectivity index (χ0v) is 11.1. The number of thiophene rings is 1. The van der Waals surface area contributed by atoms with E-state index in [0.717, 1.165) is 16.0 Å². The van der Waals surface area contributed by atoms with E-state index in [2.05, 4.69) is 6.07 Å². The summed E-state index contributed by atoms with van der Waals surface area (Å²) in [6, 6.07) is 7.04. The summed E-state index contributed by atoms with van der Waals surface area (Å²) in [6.07, 6.45) is 0.687. The Bertz CT molecular complexity index is 638. The van der Waals surface area contributed by atoms with Crippen molar-refractivity contribution in [1.29, 1.82) is 5.26 Å². The highest BCUT2D eigenvalue weighted by Crippen LogP contribution is 2.39. The molecule has 0 aliphatic carbocycles. The number of rotatable bonds is 2. The number of halogens is 1. The number of nitrogens with two attached hydrogens (primary N) is 1. The van der Waals surface area contributed by atoms with Crippen molar-refractivity contribution in [2.24, 2.45) is 0 Å².